The molecule has 1 atom stereocenters. The monoisotopic (exact) mass is 166 g/mol. The first kappa shape index (κ1) is 8.32. The van der Waals surface area contributed by atoms with Gasteiger partial charge in [0.1, 0.15) is 5.60 Å². The zero-order valence-corrected chi connectivity index (χ0v) is 7.19. The average molecular weight is 166 g/mol. The summed E-state index contributed by atoms with van der Waals surface area (Å²) in [7, 11) is 0. The molecular formula is C9H10OS. The van der Waals surface area contributed by atoms with Gasteiger partial charge in [-0.2, -0.15) is 0 Å². The molecule has 1 nitrogen and oxygen atoms in total. The second-order valence-corrected chi connectivity index (χ2v) is 3.58. The fourth-order valence-electron chi connectivity index (χ4n) is 0.871. The summed E-state index contributed by atoms with van der Waals surface area (Å²) >= 11 is 1.52. The summed E-state index contributed by atoms with van der Waals surface area (Å²) in [5, 5.41) is 11.7. The molecule has 0 fully saturated rings. The quantitative estimate of drug-likeness (QED) is 0.666. The fourth-order valence-corrected chi connectivity index (χ4v) is 1.66. The Bertz CT molecular complexity index is 254. The van der Waals surface area contributed by atoms with E-state index in [1.807, 2.05) is 17.5 Å². The molecule has 1 aromatic heterocycles. The summed E-state index contributed by atoms with van der Waals surface area (Å²) in [5.41, 5.74) is -0.844. The molecule has 0 aliphatic carbocycles. The third-order valence-electron chi connectivity index (χ3n) is 1.50. The van der Waals surface area contributed by atoms with Gasteiger partial charge < -0.3 is 5.11 Å². The molecule has 0 aromatic carbocycles. The molecule has 1 aromatic rings. The molecule has 0 aliphatic rings. The maximum absolute atomic E-state index is 9.74. The van der Waals surface area contributed by atoms with Crippen LogP contribution in [-0.4, -0.2) is 5.11 Å². The van der Waals surface area contributed by atoms with Crippen LogP contribution in [0.4, 0.5) is 0 Å². The Morgan fingerprint density at radius 3 is 3.00 bits per heavy atom. The highest BCUT2D eigenvalue weighted by Gasteiger charge is 2.22. The minimum absolute atomic E-state index is 0.369. The summed E-state index contributed by atoms with van der Waals surface area (Å²) in [4.78, 5) is 0.926. The smallest absolute Gasteiger partial charge is 0.107 e. The molecular weight excluding hydrogens is 156 g/mol. The third-order valence-corrected chi connectivity index (χ3v) is 2.62. The van der Waals surface area contributed by atoms with E-state index in [1.54, 1.807) is 6.92 Å². The van der Waals surface area contributed by atoms with E-state index in [0.29, 0.717) is 6.42 Å². The number of rotatable bonds is 2. The van der Waals surface area contributed by atoms with E-state index in [0.717, 1.165) is 4.88 Å². The number of hydrogen-bond acceptors (Lipinski definition) is 2. The van der Waals surface area contributed by atoms with Gasteiger partial charge in [-0.05, 0) is 18.4 Å². The topological polar surface area (TPSA) is 20.2 Å². The molecule has 0 spiro atoms. The number of hydrogen-bond donors (Lipinski definition) is 1. The lowest BCUT2D eigenvalue weighted by Crippen LogP contribution is -2.18. The van der Waals surface area contributed by atoms with Crippen molar-refractivity contribution in [3.8, 4) is 12.3 Å². The maximum atomic E-state index is 9.74. The molecule has 0 aliphatic heterocycles. The van der Waals surface area contributed by atoms with E-state index < -0.39 is 5.60 Å². The van der Waals surface area contributed by atoms with E-state index in [4.69, 9.17) is 6.42 Å². The van der Waals surface area contributed by atoms with Gasteiger partial charge in [-0.15, -0.1) is 23.7 Å². The summed E-state index contributed by atoms with van der Waals surface area (Å²) in [6.07, 6.45) is 5.48. The summed E-state index contributed by atoms with van der Waals surface area (Å²) < 4.78 is 0. The normalized spacial score (nSPS) is 15.4. The van der Waals surface area contributed by atoms with Crippen molar-refractivity contribution in [2.24, 2.45) is 0 Å². The van der Waals surface area contributed by atoms with Crippen molar-refractivity contribution in [1.29, 1.82) is 0 Å². The third kappa shape index (κ3) is 1.83. The van der Waals surface area contributed by atoms with Gasteiger partial charge in [0.05, 0.1) is 0 Å². The Morgan fingerprint density at radius 2 is 2.55 bits per heavy atom. The van der Waals surface area contributed by atoms with Crippen LogP contribution in [0.1, 0.15) is 18.2 Å². The lowest BCUT2D eigenvalue weighted by Gasteiger charge is -2.17. The molecule has 58 valence electrons. The molecule has 0 saturated carbocycles. The molecule has 2 heteroatoms. The van der Waals surface area contributed by atoms with Crippen LogP contribution in [0.2, 0.25) is 0 Å². The van der Waals surface area contributed by atoms with Gasteiger partial charge >= 0.3 is 0 Å². The predicted octanol–water partition coefficient (Wildman–Crippen LogP) is 1.98. The van der Waals surface area contributed by atoms with Gasteiger partial charge in [-0.3, -0.25) is 0 Å². The Morgan fingerprint density at radius 1 is 1.82 bits per heavy atom. The Kier molecular flexibility index (Phi) is 2.33. The van der Waals surface area contributed by atoms with Crippen LogP contribution >= 0.6 is 11.3 Å². The molecule has 11 heavy (non-hydrogen) atoms. The minimum atomic E-state index is -0.844. The zero-order valence-electron chi connectivity index (χ0n) is 6.37. The molecule has 0 bridgehead atoms. The van der Waals surface area contributed by atoms with E-state index >= 15 is 0 Å². The number of aliphatic hydroxyl groups is 1. The van der Waals surface area contributed by atoms with Crippen LogP contribution in [0.15, 0.2) is 17.5 Å². The molecule has 0 radical (unpaired) electrons. The van der Waals surface area contributed by atoms with Crippen molar-refractivity contribution in [3.05, 3.63) is 22.4 Å². The minimum Gasteiger partial charge on any atom is -0.384 e. The van der Waals surface area contributed by atoms with E-state index in [9.17, 15) is 5.11 Å². The van der Waals surface area contributed by atoms with Gasteiger partial charge in [-0.25, -0.2) is 0 Å². The van der Waals surface area contributed by atoms with Gasteiger partial charge in [-0.1, -0.05) is 6.07 Å². The molecule has 1 heterocycles. The average Bonchev–Trinajstić information content (AvgIpc) is 2.37. The van der Waals surface area contributed by atoms with Crippen LogP contribution in [0.5, 0.6) is 0 Å². The van der Waals surface area contributed by atoms with Crippen LogP contribution in [0.3, 0.4) is 0 Å². The molecule has 0 saturated heterocycles. The van der Waals surface area contributed by atoms with Gasteiger partial charge in [0.25, 0.3) is 0 Å². The first-order chi connectivity index (χ1) is 5.17. The van der Waals surface area contributed by atoms with Crippen molar-refractivity contribution < 1.29 is 5.11 Å². The van der Waals surface area contributed by atoms with Crippen molar-refractivity contribution in [1.82, 2.24) is 0 Å². The van der Waals surface area contributed by atoms with Gasteiger partial charge in [0.15, 0.2) is 0 Å². The Labute approximate surface area is 70.7 Å². The van der Waals surface area contributed by atoms with Crippen molar-refractivity contribution in [2.75, 3.05) is 0 Å². The highest BCUT2D eigenvalue weighted by Crippen LogP contribution is 2.27. The lowest BCUT2D eigenvalue weighted by atomic mass is 10.0. The molecule has 1 N–H and O–H groups in total. The summed E-state index contributed by atoms with van der Waals surface area (Å²) in [5.74, 6) is 2.45. The first-order valence-electron chi connectivity index (χ1n) is 3.36. The zero-order chi connectivity index (χ0) is 8.32. The second-order valence-electron chi connectivity index (χ2n) is 2.63. The second kappa shape index (κ2) is 3.08. The standard InChI is InChI=1S/C9H10OS/c1-3-6-9(2,10)8-5-4-7-11-8/h1,4-5,7,10H,6H2,2H3. The highest BCUT2D eigenvalue weighted by molar-refractivity contribution is 7.10. The summed E-state index contributed by atoms with van der Waals surface area (Å²) in [6.45, 7) is 1.73. The van der Waals surface area contributed by atoms with E-state index in [1.165, 1.54) is 11.3 Å². The highest BCUT2D eigenvalue weighted by atomic mass is 32.1. The largest absolute Gasteiger partial charge is 0.384 e. The van der Waals surface area contributed by atoms with E-state index in [-0.39, 0.29) is 0 Å². The van der Waals surface area contributed by atoms with Crippen molar-refractivity contribution in [2.45, 2.75) is 18.9 Å². The molecule has 1 rings (SSSR count). The van der Waals surface area contributed by atoms with Crippen LogP contribution in [-0.2, 0) is 5.60 Å². The van der Waals surface area contributed by atoms with Gasteiger partial charge in [0, 0.05) is 11.3 Å². The lowest BCUT2D eigenvalue weighted by molar-refractivity contribution is 0.0669. The number of terminal acetylenes is 1. The van der Waals surface area contributed by atoms with Crippen LogP contribution in [0, 0.1) is 12.3 Å². The van der Waals surface area contributed by atoms with E-state index in [2.05, 4.69) is 5.92 Å². The molecule has 1 unspecified atom stereocenters. The van der Waals surface area contributed by atoms with Crippen molar-refractivity contribution >= 4 is 11.3 Å². The Balaban J connectivity index is 2.83. The summed E-state index contributed by atoms with van der Waals surface area (Å²) in [6, 6.07) is 3.80. The number of thiophene rings is 1. The Hall–Kier alpha value is -0.780. The van der Waals surface area contributed by atoms with Crippen molar-refractivity contribution in [3.63, 3.8) is 0 Å². The van der Waals surface area contributed by atoms with Crippen LogP contribution < -0.4 is 0 Å². The van der Waals surface area contributed by atoms with Gasteiger partial charge in [0.2, 0.25) is 0 Å². The van der Waals surface area contributed by atoms with Crippen LogP contribution in [0.25, 0.3) is 0 Å². The first-order valence-corrected chi connectivity index (χ1v) is 4.24. The fraction of sp³-hybridized carbons (Fsp3) is 0.333. The SMILES string of the molecule is C#CCC(C)(O)c1cccs1. The maximum Gasteiger partial charge on any atom is 0.107 e. The predicted molar refractivity (Wildman–Crippen MR) is 47.3 cm³/mol. The molecule has 0 amide bonds.